The lowest BCUT2D eigenvalue weighted by molar-refractivity contribution is 0.0898. The number of hydrogen-bond donors (Lipinski definition) is 3. The normalized spacial score (nSPS) is 15.6. The molecule has 0 unspecified atom stereocenters. The van der Waals surface area contributed by atoms with Crippen molar-refractivity contribution < 1.29 is 4.79 Å². The number of hydrogen-bond acceptors (Lipinski definition) is 4. The summed E-state index contributed by atoms with van der Waals surface area (Å²) in [7, 11) is 0. The first kappa shape index (κ1) is 17.9. The van der Waals surface area contributed by atoms with Crippen molar-refractivity contribution in [3.8, 4) is 11.3 Å². The molecule has 1 saturated carbocycles. The largest absolute Gasteiger partial charge is 0.340 e. The van der Waals surface area contributed by atoms with E-state index in [1.54, 1.807) is 11.3 Å². The van der Waals surface area contributed by atoms with E-state index in [9.17, 15) is 9.59 Å². The molecule has 1 amide bonds. The molecule has 2 heterocycles. The molecule has 5 rings (SSSR count). The molecule has 6 nitrogen and oxygen atoms in total. The molecule has 2 aromatic heterocycles. The number of aromatic nitrogens is 3. The van der Waals surface area contributed by atoms with Gasteiger partial charge in [-0.2, -0.15) is 0 Å². The maximum atomic E-state index is 12.8. The molecule has 0 saturated heterocycles. The summed E-state index contributed by atoms with van der Waals surface area (Å²) >= 11 is 1.58. The van der Waals surface area contributed by atoms with E-state index in [0.29, 0.717) is 5.56 Å². The average Bonchev–Trinajstić information content (AvgIpc) is 3.47. The topological polar surface area (TPSA) is 90.6 Å². The molecule has 0 bridgehead atoms. The SMILES string of the molecule is O=C(NC1(c2nc(-c3ccc4[nH]c(=O)[nH]c4c3)cs2)CCCC1)c1ccccc1. The lowest BCUT2D eigenvalue weighted by Gasteiger charge is -2.28. The number of thiazole rings is 1. The van der Waals surface area contributed by atoms with E-state index in [1.807, 2.05) is 53.9 Å². The Morgan fingerprint density at radius 2 is 1.79 bits per heavy atom. The van der Waals surface area contributed by atoms with Crippen LogP contribution in [-0.4, -0.2) is 20.9 Å². The monoisotopic (exact) mass is 404 g/mol. The summed E-state index contributed by atoms with van der Waals surface area (Å²) in [6, 6.07) is 15.1. The van der Waals surface area contributed by atoms with E-state index >= 15 is 0 Å². The van der Waals surface area contributed by atoms with E-state index in [1.165, 1.54) is 0 Å². The van der Waals surface area contributed by atoms with Gasteiger partial charge in [0.1, 0.15) is 5.01 Å². The smallest absolute Gasteiger partial charge is 0.323 e. The van der Waals surface area contributed by atoms with Gasteiger partial charge in [0.25, 0.3) is 5.91 Å². The molecule has 146 valence electrons. The summed E-state index contributed by atoms with van der Waals surface area (Å²) in [4.78, 5) is 34.8. The highest BCUT2D eigenvalue weighted by atomic mass is 32.1. The molecular formula is C22H20N4O2S. The maximum Gasteiger partial charge on any atom is 0.323 e. The van der Waals surface area contributed by atoms with Crippen LogP contribution in [0.4, 0.5) is 0 Å². The van der Waals surface area contributed by atoms with Crippen LogP contribution in [0.5, 0.6) is 0 Å². The Morgan fingerprint density at radius 3 is 2.59 bits per heavy atom. The van der Waals surface area contributed by atoms with Crippen LogP contribution in [0, 0.1) is 0 Å². The number of benzene rings is 2. The predicted molar refractivity (Wildman–Crippen MR) is 114 cm³/mol. The molecular weight excluding hydrogens is 384 g/mol. The Balaban J connectivity index is 1.47. The van der Waals surface area contributed by atoms with Crippen molar-refractivity contribution in [3.05, 3.63) is 75.0 Å². The fourth-order valence-electron chi connectivity index (χ4n) is 4.07. The predicted octanol–water partition coefficient (Wildman–Crippen LogP) is 4.18. The van der Waals surface area contributed by atoms with Gasteiger partial charge in [-0.15, -0.1) is 11.3 Å². The fourth-order valence-corrected chi connectivity index (χ4v) is 5.11. The molecule has 1 aliphatic carbocycles. The Kier molecular flexibility index (Phi) is 4.32. The Hall–Kier alpha value is -3.19. The quantitative estimate of drug-likeness (QED) is 0.477. The molecule has 4 aromatic rings. The van der Waals surface area contributed by atoms with Gasteiger partial charge in [0.05, 0.1) is 22.3 Å². The molecule has 2 aromatic carbocycles. The van der Waals surface area contributed by atoms with Crippen molar-refractivity contribution in [2.45, 2.75) is 31.2 Å². The number of aromatic amines is 2. The second-order valence-electron chi connectivity index (χ2n) is 7.49. The van der Waals surface area contributed by atoms with Crippen LogP contribution in [0.1, 0.15) is 41.0 Å². The second kappa shape index (κ2) is 7.00. The number of carbonyl (C=O) groups excluding carboxylic acids is 1. The van der Waals surface area contributed by atoms with Gasteiger partial charge in [0.15, 0.2) is 0 Å². The van der Waals surface area contributed by atoms with Crippen molar-refractivity contribution in [1.82, 2.24) is 20.3 Å². The average molecular weight is 404 g/mol. The minimum absolute atomic E-state index is 0.0597. The highest BCUT2D eigenvalue weighted by molar-refractivity contribution is 7.10. The fraction of sp³-hybridized carbons (Fsp3) is 0.227. The summed E-state index contributed by atoms with van der Waals surface area (Å²) in [5.41, 5.74) is 3.36. The highest BCUT2D eigenvalue weighted by Gasteiger charge is 2.40. The molecule has 0 aliphatic heterocycles. The molecule has 0 radical (unpaired) electrons. The number of H-pyrrole nitrogens is 2. The Labute approximate surface area is 171 Å². The third kappa shape index (κ3) is 3.27. The van der Waals surface area contributed by atoms with Gasteiger partial charge in [0, 0.05) is 16.5 Å². The molecule has 3 N–H and O–H groups in total. The lowest BCUT2D eigenvalue weighted by atomic mass is 9.97. The molecule has 29 heavy (non-hydrogen) atoms. The van der Waals surface area contributed by atoms with Crippen LogP contribution >= 0.6 is 11.3 Å². The number of carbonyl (C=O) groups is 1. The Morgan fingerprint density at radius 1 is 1.03 bits per heavy atom. The zero-order chi connectivity index (χ0) is 19.8. The molecule has 1 fully saturated rings. The van der Waals surface area contributed by atoms with Crippen LogP contribution in [0.2, 0.25) is 0 Å². The van der Waals surface area contributed by atoms with E-state index in [4.69, 9.17) is 4.98 Å². The third-order valence-corrected chi connectivity index (χ3v) is 6.62. The van der Waals surface area contributed by atoms with Gasteiger partial charge in [-0.05, 0) is 37.1 Å². The number of amides is 1. The van der Waals surface area contributed by atoms with Crippen LogP contribution in [-0.2, 0) is 5.54 Å². The zero-order valence-corrected chi connectivity index (χ0v) is 16.5. The highest BCUT2D eigenvalue weighted by Crippen LogP contribution is 2.41. The van der Waals surface area contributed by atoms with Gasteiger partial charge in [-0.1, -0.05) is 37.1 Å². The van der Waals surface area contributed by atoms with E-state index in [0.717, 1.165) is 53.0 Å². The lowest BCUT2D eigenvalue weighted by Crippen LogP contribution is -2.43. The summed E-state index contributed by atoms with van der Waals surface area (Å²) in [6.07, 6.45) is 3.92. The van der Waals surface area contributed by atoms with Gasteiger partial charge in [-0.25, -0.2) is 9.78 Å². The number of rotatable bonds is 4. The van der Waals surface area contributed by atoms with Crippen molar-refractivity contribution in [2.75, 3.05) is 0 Å². The van der Waals surface area contributed by atoms with Crippen molar-refractivity contribution in [1.29, 1.82) is 0 Å². The van der Waals surface area contributed by atoms with Crippen molar-refractivity contribution in [3.63, 3.8) is 0 Å². The maximum absolute atomic E-state index is 12.8. The number of fused-ring (bicyclic) bond motifs is 1. The zero-order valence-electron chi connectivity index (χ0n) is 15.7. The minimum Gasteiger partial charge on any atom is -0.340 e. The summed E-state index contributed by atoms with van der Waals surface area (Å²) in [5, 5.41) is 6.24. The number of imidazole rings is 1. The van der Waals surface area contributed by atoms with Gasteiger partial charge >= 0.3 is 5.69 Å². The summed E-state index contributed by atoms with van der Waals surface area (Å²) in [6.45, 7) is 0. The first-order valence-electron chi connectivity index (χ1n) is 9.69. The molecule has 0 atom stereocenters. The Bertz CT molecular complexity index is 1230. The molecule has 0 spiro atoms. The molecule has 7 heteroatoms. The standard InChI is InChI=1S/C22H20N4O2S/c27-19(14-6-2-1-3-7-14)26-22(10-4-5-11-22)20-23-18(13-29-20)15-8-9-16-17(12-15)25-21(28)24-16/h1-3,6-9,12-13H,4-5,10-11H2,(H,26,27)(H2,24,25,28). The van der Waals surface area contributed by atoms with E-state index < -0.39 is 5.54 Å². The third-order valence-electron chi connectivity index (χ3n) is 5.57. The van der Waals surface area contributed by atoms with Crippen LogP contribution in [0.3, 0.4) is 0 Å². The van der Waals surface area contributed by atoms with E-state index in [-0.39, 0.29) is 11.6 Å². The van der Waals surface area contributed by atoms with Crippen molar-refractivity contribution >= 4 is 28.3 Å². The van der Waals surface area contributed by atoms with Crippen LogP contribution < -0.4 is 11.0 Å². The van der Waals surface area contributed by atoms with E-state index in [2.05, 4.69) is 15.3 Å². The summed E-state index contributed by atoms with van der Waals surface area (Å²) < 4.78 is 0. The second-order valence-corrected chi connectivity index (χ2v) is 8.34. The van der Waals surface area contributed by atoms with Gasteiger partial charge in [-0.3, -0.25) is 4.79 Å². The molecule has 1 aliphatic rings. The first-order chi connectivity index (χ1) is 14.1. The minimum atomic E-state index is -0.414. The van der Waals surface area contributed by atoms with Crippen molar-refractivity contribution in [2.24, 2.45) is 0 Å². The number of nitrogens with zero attached hydrogens (tertiary/aromatic N) is 1. The summed E-state index contributed by atoms with van der Waals surface area (Å²) in [5.74, 6) is -0.0597. The van der Waals surface area contributed by atoms with Crippen LogP contribution in [0.25, 0.3) is 22.3 Å². The number of nitrogens with one attached hydrogen (secondary N) is 3. The first-order valence-corrected chi connectivity index (χ1v) is 10.6. The van der Waals surface area contributed by atoms with Gasteiger partial charge < -0.3 is 15.3 Å². The van der Waals surface area contributed by atoms with Gasteiger partial charge in [0.2, 0.25) is 0 Å². The van der Waals surface area contributed by atoms with Crippen LogP contribution in [0.15, 0.2) is 58.7 Å².